The second kappa shape index (κ2) is 4.22. The first-order chi connectivity index (χ1) is 7.27. The second-order valence-corrected chi connectivity index (χ2v) is 3.23. The maximum absolute atomic E-state index is 11.8. The van der Waals surface area contributed by atoms with Gasteiger partial charge in [0.2, 0.25) is 0 Å². The summed E-state index contributed by atoms with van der Waals surface area (Å²) in [4.78, 5) is 21.3. The van der Waals surface area contributed by atoms with Crippen LogP contribution in [0.4, 0.5) is 5.82 Å². The monoisotopic (exact) mass is 208 g/mol. The van der Waals surface area contributed by atoms with Gasteiger partial charge in [-0.3, -0.25) is 4.79 Å². The molecule has 1 saturated heterocycles. The zero-order chi connectivity index (χ0) is 10.7. The van der Waals surface area contributed by atoms with E-state index in [9.17, 15) is 4.79 Å². The van der Waals surface area contributed by atoms with E-state index in [1.807, 2.05) is 0 Å². The van der Waals surface area contributed by atoms with Gasteiger partial charge in [0.05, 0.1) is 25.6 Å². The number of amides is 1. The van der Waals surface area contributed by atoms with E-state index in [1.54, 1.807) is 4.90 Å². The summed E-state index contributed by atoms with van der Waals surface area (Å²) in [6, 6.07) is 0. The van der Waals surface area contributed by atoms with Gasteiger partial charge < -0.3 is 15.4 Å². The van der Waals surface area contributed by atoms with Crippen LogP contribution in [-0.4, -0.2) is 47.1 Å². The molecule has 0 aromatic carbocycles. The van der Waals surface area contributed by atoms with Crippen molar-refractivity contribution < 1.29 is 9.53 Å². The summed E-state index contributed by atoms with van der Waals surface area (Å²) in [6.45, 7) is 2.36. The molecule has 6 nitrogen and oxygen atoms in total. The van der Waals surface area contributed by atoms with E-state index >= 15 is 0 Å². The Labute approximate surface area is 87.1 Å². The Kier molecular flexibility index (Phi) is 2.77. The molecule has 80 valence electrons. The number of rotatable bonds is 1. The normalized spacial score (nSPS) is 16.4. The zero-order valence-corrected chi connectivity index (χ0v) is 8.22. The van der Waals surface area contributed by atoms with Gasteiger partial charge in [0.25, 0.3) is 5.91 Å². The van der Waals surface area contributed by atoms with Crippen molar-refractivity contribution in [2.75, 3.05) is 32.0 Å². The zero-order valence-electron chi connectivity index (χ0n) is 8.22. The fourth-order valence-electron chi connectivity index (χ4n) is 1.38. The van der Waals surface area contributed by atoms with Gasteiger partial charge in [-0.2, -0.15) is 0 Å². The highest BCUT2D eigenvalue weighted by Crippen LogP contribution is 2.04. The number of anilines is 1. The fraction of sp³-hybridized carbons (Fsp3) is 0.444. The van der Waals surface area contributed by atoms with E-state index in [-0.39, 0.29) is 5.91 Å². The third-order valence-corrected chi connectivity index (χ3v) is 2.19. The summed E-state index contributed by atoms with van der Waals surface area (Å²) in [5.74, 6) is 0.194. The highest BCUT2D eigenvalue weighted by Gasteiger charge is 2.19. The average Bonchev–Trinajstić information content (AvgIpc) is 2.30. The smallest absolute Gasteiger partial charge is 0.274 e. The molecule has 0 bridgehead atoms. The maximum atomic E-state index is 11.8. The highest BCUT2D eigenvalue weighted by atomic mass is 16.5. The van der Waals surface area contributed by atoms with Crippen molar-refractivity contribution in [3.05, 3.63) is 18.1 Å². The summed E-state index contributed by atoms with van der Waals surface area (Å²) in [6.07, 6.45) is 2.78. The molecule has 2 rings (SSSR count). The Morgan fingerprint density at radius 3 is 2.67 bits per heavy atom. The summed E-state index contributed by atoms with van der Waals surface area (Å²) in [7, 11) is 0. The Morgan fingerprint density at radius 2 is 2.07 bits per heavy atom. The summed E-state index contributed by atoms with van der Waals surface area (Å²) < 4.78 is 5.15. The first-order valence-electron chi connectivity index (χ1n) is 4.72. The molecule has 1 aromatic heterocycles. The van der Waals surface area contributed by atoms with E-state index in [0.29, 0.717) is 37.8 Å². The Hall–Kier alpha value is -1.69. The second-order valence-electron chi connectivity index (χ2n) is 3.23. The molecule has 1 fully saturated rings. The fourth-order valence-corrected chi connectivity index (χ4v) is 1.38. The number of nitrogens with two attached hydrogens (primary N) is 1. The molecule has 0 saturated carbocycles. The number of carbonyl (C=O) groups is 1. The van der Waals surface area contributed by atoms with Gasteiger partial charge in [-0.05, 0) is 0 Å². The molecule has 0 unspecified atom stereocenters. The minimum absolute atomic E-state index is 0.120. The third kappa shape index (κ3) is 2.21. The van der Waals surface area contributed by atoms with Gasteiger partial charge in [-0.1, -0.05) is 0 Å². The van der Waals surface area contributed by atoms with Crippen LogP contribution in [0.3, 0.4) is 0 Å². The lowest BCUT2D eigenvalue weighted by Crippen LogP contribution is -2.41. The first-order valence-corrected chi connectivity index (χ1v) is 4.72. The molecule has 0 atom stereocenters. The molecule has 2 N–H and O–H groups in total. The van der Waals surface area contributed by atoms with E-state index < -0.39 is 0 Å². The van der Waals surface area contributed by atoms with Crippen molar-refractivity contribution in [2.45, 2.75) is 0 Å². The molecule has 1 aromatic rings. The van der Waals surface area contributed by atoms with Crippen molar-refractivity contribution in [2.24, 2.45) is 0 Å². The van der Waals surface area contributed by atoms with Crippen LogP contribution in [0.1, 0.15) is 10.5 Å². The Morgan fingerprint density at radius 1 is 1.33 bits per heavy atom. The average molecular weight is 208 g/mol. The van der Waals surface area contributed by atoms with Crippen molar-refractivity contribution in [3.8, 4) is 0 Å². The van der Waals surface area contributed by atoms with Crippen molar-refractivity contribution in [3.63, 3.8) is 0 Å². The number of morpholine rings is 1. The van der Waals surface area contributed by atoms with Gasteiger partial charge in [0, 0.05) is 13.1 Å². The highest BCUT2D eigenvalue weighted by molar-refractivity contribution is 5.92. The van der Waals surface area contributed by atoms with Crippen molar-refractivity contribution in [1.82, 2.24) is 14.9 Å². The Balaban J connectivity index is 2.09. The lowest BCUT2D eigenvalue weighted by molar-refractivity contribution is 0.0298. The van der Waals surface area contributed by atoms with Crippen LogP contribution in [0.15, 0.2) is 12.4 Å². The molecule has 2 heterocycles. The predicted molar refractivity (Wildman–Crippen MR) is 53.2 cm³/mol. The molecule has 1 aliphatic heterocycles. The van der Waals surface area contributed by atoms with Crippen molar-refractivity contribution in [1.29, 1.82) is 0 Å². The number of nitrogen functional groups attached to an aromatic ring is 1. The Bertz CT molecular complexity index is 346. The lowest BCUT2D eigenvalue weighted by Gasteiger charge is -2.26. The van der Waals surface area contributed by atoms with Crippen molar-refractivity contribution >= 4 is 11.7 Å². The molecule has 1 aliphatic rings. The minimum atomic E-state index is -0.120. The SMILES string of the molecule is Nc1cnc(C(=O)N2CCOCC2)cn1. The third-order valence-electron chi connectivity index (χ3n) is 2.19. The number of aromatic nitrogens is 2. The summed E-state index contributed by atoms with van der Waals surface area (Å²) in [5.41, 5.74) is 5.71. The topological polar surface area (TPSA) is 81.3 Å². The van der Waals surface area contributed by atoms with E-state index in [2.05, 4.69) is 9.97 Å². The number of carbonyl (C=O) groups excluding carboxylic acids is 1. The van der Waals surface area contributed by atoms with Crippen LogP contribution in [0.2, 0.25) is 0 Å². The molecule has 0 spiro atoms. The molecular formula is C9H12N4O2. The molecule has 15 heavy (non-hydrogen) atoms. The van der Waals surface area contributed by atoms with Crippen LogP contribution in [0, 0.1) is 0 Å². The molecule has 6 heteroatoms. The van der Waals surface area contributed by atoms with E-state index in [4.69, 9.17) is 10.5 Å². The number of ether oxygens (including phenoxy) is 1. The van der Waals surface area contributed by atoms with Gasteiger partial charge in [-0.25, -0.2) is 9.97 Å². The van der Waals surface area contributed by atoms with Crippen LogP contribution < -0.4 is 5.73 Å². The maximum Gasteiger partial charge on any atom is 0.274 e. The van der Waals surface area contributed by atoms with Gasteiger partial charge in [0.15, 0.2) is 0 Å². The van der Waals surface area contributed by atoms with Crippen LogP contribution in [0.5, 0.6) is 0 Å². The standard InChI is InChI=1S/C9H12N4O2/c10-8-6-11-7(5-12-8)9(14)13-1-3-15-4-2-13/h5-6H,1-4H2,(H2,10,12). The molecule has 0 aliphatic carbocycles. The molecular weight excluding hydrogens is 196 g/mol. The lowest BCUT2D eigenvalue weighted by atomic mass is 10.3. The predicted octanol–water partition coefficient (Wildman–Crippen LogP) is -0.469. The van der Waals surface area contributed by atoms with Gasteiger partial charge in [0.1, 0.15) is 11.5 Å². The van der Waals surface area contributed by atoms with Gasteiger partial charge in [-0.15, -0.1) is 0 Å². The largest absolute Gasteiger partial charge is 0.382 e. The summed E-state index contributed by atoms with van der Waals surface area (Å²) in [5, 5.41) is 0. The minimum Gasteiger partial charge on any atom is -0.382 e. The number of nitrogens with zero attached hydrogens (tertiary/aromatic N) is 3. The number of hydrogen-bond acceptors (Lipinski definition) is 5. The number of hydrogen-bond donors (Lipinski definition) is 1. The first kappa shape index (κ1) is 9.85. The van der Waals surface area contributed by atoms with Crippen LogP contribution in [-0.2, 0) is 4.74 Å². The molecule has 1 amide bonds. The molecule has 0 radical (unpaired) electrons. The van der Waals surface area contributed by atoms with Gasteiger partial charge >= 0.3 is 0 Å². The summed E-state index contributed by atoms with van der Waals surface area (Å²) >= 11 is 0. The van der Waals surface area contributed by atoms with Crippen LogP contribution >= 0.6 is 0 Å². The van der Waals surface area contributed by atoms with E-state index in [0.717, 1.165) is 0 Å². The van der Waals surface area contributed by atoms with E-state index in [1.165, 1.54) is 12.4 Å². The quantitative estimate of drug-likeness (QED) is 0.674. The van der Waals surface area contributed by atoms with Crippen LogP contribution in [0.25, 0.3) is 0 Å².